The van der Waals surface area contributed by atoms with Gasteiger partial charge >= 0.3 is 0 Å². The largest absolute Gasteiger partial charge is 0.379 e. The zero-order valence-corrected chi connectivity index (χ0v) is 8.15. The Balaban J connectivity index is 2.07. The standard InChI is InChI=1S/C10H15N3O/c1-2-4-11-10-12-5-6-13(10)9-3-7-14-8-9/h2,5-6,9H,1,3-4,7-8H2,(H,11,12). The summed E-state index contributed by atoms with van der Waals surface area (Å²) in [5.74, 6) is 0.903. The van der Waals surface area contributed by atoms with Crippen LogP contribution in [0.4, 0.5) is 5.95 Å². The topological polar surface area (TPSA) is 39.1 Å². The van der Waals surface area contributed by atoms with E-state index in [2.05, 4.69) is 21.4 Å². The van der Waals surface area contributed by atoms with Crippen LogP contribution in [0.5, 0.6) is 0 Å². The van der Waals surface area contributed by atoms with E-state index in [0.717, 1.165) is 32.1 Å². The molecule has 0 radical (unpaired) electrons. The summed E-state index contributed by atoms with van der Waals surface area (Å²) in [5.41, 5.74) is 0. The van der Waals surface area contributed by atoms with E-state index in [4.69, 9.17) is 4.74 Å². The van der Waals surface area contributed by atoms with Crippen molar-refractivity contribution in [2.45, 2.75) is 12.5 Å². The Kier molecular flexibility index (Phi) is 2.84. The molecule has 0 spiro atoms. The van der Waals surface area contributed by atoms with Crippen LogP contribution in [0.25, 0.3) is 0 Å². The minimum atomic E-state index is 0.435. The molecule has 1 aliphatic rings. The maximum absolute atomic E-state index is 5.34. The first-order valence-electron chi connectivity index (χ1n) is 4.87. The molecule has 2 heterocycles. The number of nitrogens with zero attached hydrogens (tertiary/aromatic N) is 2. The fourth-order valence-corrected chi connectivity index (χ4v) is 1.65. The van der Waals surface area contributed by atoms with Crippen LogP contribution in [0, 0.1) is 0 Å². The molecule has 76 valence electrons. The molecule has 4 nitrogen and oxygen atoms in total. The van der Waals surface area contributed by atoms with Crippen LogP contribution < -0.4 is 5.32 Å². The smallest absolute Gasteiger partial charge is 0.203 e. The number of hydrogen-bond acceptors (Lipinski definition) is 3. The maximum atomic E-state index is 5.34. The highest BCUT2D eigenvalue weighted by molar-refractivity contribution is 5.27. The molecule has 2 rings (SSSR count). The zero-order chi connectivity index (χ0) is 9.80. The molecule has 0 aliphatic carbocycles. The van der Waals surface area contributed by atoms with E-state index in [0.29, 0.717) is 6.04 Å². The molecule has 1 aromatic rings. The Bertz CT molecular complexity index is 302. The van der Waals surface area contributed by atoms with E-state index in [1.54, 1.807) is 0 Å². The van der Waals surface area contributed by atoms with Gasteiger partial charge in [0.05, 0.1) is 12.6 Å². The van der Waals surface area contributed by atoms with Gasteiger partial charge in [-0.05, 0) is 6.42 Å². The summed E-state index contributed by atoms with van der Waals surface area (Å²) >= 11 is 0. The lowest BCUT2D eigenvalue weighted by atomic mass is 10.2. The molecule has 1 atom stereocenters. The number of anilines is 1. The Morgan fingerprint density at radius 3 is 3.43 bits per heavy atom. The molecule has 1 fully saturated rings. The van der Waals surface area contributed by atoms with Crippen molar-refractivity contribution in [1.82, 2.24) is 9.55 Å². The van der Waals surface area contributed by atoms with Gasteiger partial charge in [-0.2, -0.15) is 0 Å². The van der Waals surface area contributed by atoms with Gasteiger partial charge in [0, 0.05) is 25.5 Å². The predicted octanol–water partition coefficient (Wildman–Crippen LogP) is 1.44. The van der Waals surface area contributed by atoms with Gasteiger partial charge in [0.2, 0.25) is 5.95 Å². The quantitative estimate of drug-likeness (QED) is 0.735. The van der Waals surface area contributed by atoms with Crippen molar-refractivity contribution < 1.29 is 4.74 Å². The summed E-state index contributed by atoms with van der Waals surface area (Å²) in [5, 5.41) is 3.20. The number of ether oxygens (including phenoxy) is 1. The second-order valence-corrected chi connectivity index (χ2v) is 3.35. The zero-order valence-electron chi connectivity index (χ0n) is 8.15. The fraction of sp³-hybridized carbons (Fsp3) is 0.500. The summed E-state index contributed by atoms with van der Waals surface area (Å²) in [6.45, 7) is 6.05. The van der Waals surface area contributed by atoms with E-state index in [-0.39, 0.29) is 0 Å². The fourth-order valence-electron chi connectivity index (χ4n) is 1.65. The highest BCUT2D eigenvalue weighted by Gasteiger charge is 2.19. The van der Waals surface area contributed by atoms with Gasteiger partial charge < -0.3 is 14.6 Å². The first-order chi connectivity index (χ1) is 6.92. The molecule has 0 bridgehead atoms. The van der Waals surface area contributed by atoms with Crippen LogP contribution in [0.15, 0.2) is 25.0 Å². The number of hydrogen-bond donors (Lipinski definition) is 1. The van der Waals surface area contributed by atoms with Crippen molar-refractivity contribution in [2.24, 2.45) is 0 Å². The SMILES string of the molecule is C=CCNc1nccn1C1CCOC1. The van der Waals surface area contributed by atoms with Crippen molar-refractivity contribution in [3.05, 3.63) is 25.0 Å². The van der Waals surface area contributed by atoms with Gasteiger partial charge in [0.1, 0.15) is 0 Å². The highest BCUT2D eigenvalue weighted by Crippen LogP contribution is 2.22. The van der Waals surface area contributed by atoms with E-state index in [9.17, 15) is 0 Å². The van der Waals surface area contributed by atoms with Crippen molar-refractivity contribution in [2.75, 3.05) is 25.1 Å². The van der Waals surface area contributed by atoms with Crippen LogP contribution in [0.2, 0.25) is 0 Å². The van der Waals surface area contributed by atoms with E-state index in [1.165, 1.54) is 0 Å². The van der Waals surface area contributed by atoms with E-state index in [1.807, 2.05) is 18.5 Å². The van der Waals surface area contributed by atoms with Gasteiger partial charge in [-0.15, -0.1) is 6.58 Å². The van der Waals surface area contributed by atoms with Gasteiger partial charge in [-0.1, -0.05) is 6.08 Å². The summed E-state index contributed by atoms with van der Waals surface area (Å²) in [7, 11) is 0. The molecule has 1 aromatic heterocycles. The average Bonchev–Trinajstić information content (AvgIpc) is 2.84. The number of rotatable bonds is 4. The molecular formula is C10H15N3O. The molecule has 1 aliphatic heterocycles. The predicted molar refractivity (Wildman–Crippen MR) is 55.4 cm³/mol. The van der Waals surface area contributed by atoms with Crippen molar-refractivity contribution in [3.8, 4) is 0 Å². The number of nitrogens with one attached hydrogen (secondary N) is 1. The van der Waals surface area contributed by atoms with Crippen LogP contribution in [-0.4, -0.2) is 29.3 Å². The van der Waals surface area contributed by atoms with Gasteiger partial charge in [0.15, 0.2) is 0 Å². The molecular weight excluding hydrogens is 178 g/mol. The summed E-state index contributed by atoms with van der Waals surface area (Å²) in [6.07, 6.45) is 6.69. The van der Waals surface area contributed by atoms with E-state index >= 15 is 0 Å². The summed E-state index contributed by atoms with van der Waals surface area (Å²) < 4.78 is 7.48. The third-order valence-corrected chi connectivity index (χ3v) is 2.37. The van der Waals surface area contributed by atoms with E-state index < -0.39 is 0 Å². The third kappa shape index (κ3) is 1.80. The second-order valence-electron chi connectivity index (χ2n) is 3.35. The normalized spacial score (nSPS) is 21.0. The van der Waals surface area contributed by atoms with Gasteiger partial charge in [0.25, 0.3) is 0 Å². The third-order valence-electron chi connectivity index (χ3n) is 2.37. The molecule has 4 heteroatoms. The monoisotopic (exact) mass is 193 g/mol. The Morgan fingerprint density at radius 1 is 1.79 bits per heavy atom. The van der Waals surface area contributed by atoms with Crippen LogP contribution >= 0.6 is 0 Å². The minimum Gasteiger partial charge on any atom is -0.379 e. The Labute approximate surface area is 83.6 Å². The Morgan fingerprint density at radius 2 is 2.71 bits per heavy atom. The van der Waals surface area contributed by atoms with Gasteiger partial charge in [-0.3, -0.25) is 0 Å². The van der Waals surface area contributed by atoms with Crippen molar-refractivity contribution >= 4 is 5.95 Å². The van der Waals surface area contributed by atoms with Crippen LogP contribution in [-0.2, 0) is 4.74 Å². The number of imidazole rings is 1. The molecule has 1 unspecified atom stereocenters. The summed E-state index contributed by atoms with van der Waals surface area (Å²) in [4.78, 5) is 4.25. The lowest BCUT2D eigenvalue weighted by molar-refractivity contribution is 0.187. The molecule has 1 saturated heterocycles. The maximum Gasteiger partial charge on any atom is 0.203 e. The molecule has 0 amide bonds. The summed E-state index contributed by atoms with van der Waals surface area (Å²) in [6, 6.07) is 0.435. The van der Waals surface area contributed by atoms with Gasteiger partial charge in [-0.25, -0.2) is 4.98 Å². The second kappa shape index (κ2) is 4.28. The molecule has 0 aromatic carbocycles. The van der Waals surface area contributed by atoms with Crippen molar-refractivity contribution in [1.29, 1.82) is 0 Å². The molecule has 1 N–H and O–H groups in total. The Hall–Kier alpha value is -1.29. The highest BCUT2D eigenvalue weighted by atomic mass is 16.5. The minimum absolute atomic E-state index is 0.435. The van der Waals surface area contributed by atoms with Crippen LogP contribution in [0.3, 0.4) is 0 Å². The lowest BCUT2D eigenvalue weighted by Gasteiger charge is -2.13. The van der Waals surface area contributed by atoms with Crippen LogP contribution in [0.1, 0.15) is 12.5 Å². The molecule has 14 heavy (non-hydrogen) atoms. The average molecular weight is 193 g/mol. The lowest BCUT2D eigenvalue weighted by Crippen LogP contribution is -2.12. The van der Waals surface area contributed by atoms with Crippen molar-refractivity contribution in [3.63, 3.8) is 0 Å². The first kappa shape index (κ1) is 9.27. The number of aromatic nitrogens is 2. The molecule has 0 saturated carbocycles. The first-order valence-corrected chi connectivity index (χ1v) is 4.87.